The number of nitrogens with one attached hydrogen (secondary N) is 2. The zero-order valence-electron chi connectivity index (χ0n) is 11.6. The third-order valence-corrected chi connectivity index (χ3v) is 3.73. The van der Waals surface area contributed by atoms with Gasteiger partial charge < -0.3 is 15.7 Å². The molecule has 0 bridgehead atoms. The summed E-state index contributed by atoms with van der Waals surface area (Å²) in [5.74, 6) is -0.0431. The van der Waals surface area contributed by atoms with Gasteiger partial charge in [0.15, 0.2) is 0 Å². The molecule has 0 aliphatic carbocycles. The molecule has 2 atom stereocenters. The van der Waals surface area contributed by atoms with E-state index in [4.69, 9.17) is 0 Å². The molecule has 6 heteroatoms. The molecule has 1 aliphatic heterocycles. The molecule has 1 saturated heterocycles. The van der Waals surface area contributed by atoms with Crippen LogP contribution in [0.15, 0.2) is 42.7 Å². The summed E-state index contributed by atoms with van der Waals surface area (Å²) >= 11 is 0. The standard InChI is InChI=1S/C15H18N4O2/c20-14-10-16-8-12(14)9-17-15(21)11-2-4-13(5-3-11)19-7-1-6-18-19/h1-7,12,14,16,20H,8-10H2,(H,17,21). The quantitative estimate of drug-likeness (QED) is 0.749. The number of benzene rings is 1. The van der Waals surface area contributed by atoms with E-state index in [9.17, 15) is 9.90 Å². The number of carbonyl (C=O) groups excluding carboxylic acids is 1. The molecule has 1 aromatic heterocycles. The predicted octanol–water partition coefficient (Wildman–Crippen LogP) is 0.182. The second-order valence-electron chi connectivity index (χ2n) is 5.19. The summed E-state index contributed by atoms with van der Waals surface area (Å²) in [6, 6.07) is 9.11. The Hall–Kier alpha value is -2.18. The summed E-state index contributed by atoms with van der Waals surface area (Å²) in [7, 11) is 0. The van der Waals surface area contributed by atoms with Crippen LogP contribution in [-0.4, -0.2) is 46.5 Å². The lowest BCUT2D eigenvalue weighted by Crippen LogP contribution is -2.34. The number of aliphatic hydroxyl groups excluding tert-OH is 1. The third-order valence-electron chi connectivity index (χ3n) is 3.73. The second-order valence-corrected chi connectivity index (χ2v) is 5.19. The van der Waals surface area contributed by atoms with Gasteiger partial charge in [-0.15, -0.1) is 0 Å². The van der Waals surface area contributed by atoms with Crippen LogP contribution in [0.3, 0.4) is 0 Å². The van der Waals surface area contributed by atoms with Crippen molar-refractivity contribution in [1.29, 1.82) is 0 Å². The van der Waals surface area contributed by atoms with Gasteiger partial charge in [-0.3, -0.25) is 4.79 Å². The minimum atomic E-state index is -0.382. The molecule has 0 radical (unpaired) electrons. The molecule has 2 aromatic rings. The molecule has 21 heavy (non-hydrogen) atoms. The van der Waals surface area contributed by atoms with E-state index in [1.165, 1.54) is 0 Å². The fraction of sp³-hybridized carbons (Fsp3) is 0.333. The molecule has 3 N–H and O–H groups in total. The van der Waals surface area contributed by atoms with Crippen molar-refractivity contribution in [2.24, 2.45) is 5.92 Å². The number of aliphatic hydroxyl groups is 1. The normalized spacial score (nSPS) is 21.4. The molecule has 3 rings (SSSR count). The van der Waals surface area contributed by atoms with E-state index in [0.717, 1.165) is 12.2 Å². The Morgan fingerprint density at radius 3 is 2.81 bits per heavy atom. The van der Waals surface area contributed by atoms with Crippen LogP contribution in [0.4, 0.5) is 0 Å². The van der Waals surface area contributed by atoms with Gasteiger partial charge in [0.2, 0.25) is 0 Å². The smallest absolute Gasteiger partial charge is 0.251 e. The number of aromatic nitrogens is 2. The molecule has 1 aromatic carbocycles. The molecular formula is C15H18N4O2. The van der Waals surface area contributed by atoms with Gasteiger partial charge in [0, 0.05) is 43.5 Å². The van der Waals surface area contributed by atoms with Crippen molar-refractivity contribution in [2.45, 2.75) is 6.10 Å². The van der Waals surface area contributed by atoms with Gasteiger partial charge in [0.05, 0.1) is 11.8 Å². The van der Waals surface area contributed by atoms with Gasteiger partial charge >= 0.3 is 0 Å². The number of hydrogen-bond acceptors (Lipinski definition) is 4. The molecule has 0 saturated carbocycles. The summed E-state index contributed by atoms with van der Waals surface area (Å²) in [6.45, 7) is 1.81. The Bertz CT molecular complexity index is 595. The van der Waals surface area contributed by atoms with Crippen LogP contribution in [0.5, 0.6) is 0 Å². The number of rotatable bonds is 4. The Morgan fingerprint density at radius 2 is 2.19 bits per heavy atom. The highest BCUT2D eigenvalue weighted by molar-refractivity contribution is 5.94. The van der Waals surface area contributed by atoms with Gasteiger partial charge in [-0.1, -0.05) is 0 Å². The molecule has 2 unspecified atom stereocenters. The topological polar surface area (TPSA) is 79.2 Å². The minimum absolute atomic E-state index is 0.0808. The highest BCUT2D eigenvalue weighted by Gasteiger charge is 2.25. The van der Waals surface area contributed by atoms with Gasteiger partial charge in [-0.05, 0) is 30.3 Å². The molecule has 1 fully saturated rings. The first-order chi connectivity index (χ1) is 10.2. The average molecular weight is 286 g/mol. The lowest BCUT2D eigenvalue weighted by atomic mass is 10.1. The third kappa shape index (κ3) is 3.12. The Morgan fingerprint density at radius 1 is 1.38 bits per heavy atom. The maximum absolute atomic E-state index is 12.1. The highest BCUT2D eigenvalue weighted by Crippen LogP contribution is 2.10. The maximum Gasteiger partial charge on any atom is 0.251 e. The van der Waals surface area contributed by atoms with Crippen molar-refractivity contribution >= 4 is 5.91 Å². The summed E-state index contributed by atoms with van der Waals surface area (Å²) in [5.41, 5.74) is 1.51. The first kappa shape index (κ1) is 13.8. The molecule has 0 spiro atoms. The van der Waals surface area contributed by atoms with Crippen LogP contribution in [0.25, 0.3) is 5.69 Å². The molecule has 1 amide bonds. The van der Waals surface area contributed by atoms with Crippen molar-refractivity contribution in [1.82, 2.24) is 20.4 Å². The van der Waals surface area contributed by atoms with Crippen molar-refractivity contribution in [3.05, 3.63) is 48.3 Å². The van der Waals surface area contributed by atoms with Crippen molar-refractivity contribution in [3.63, 3.8) is 0 Å². The van der Waals surface area contributed by atoms with E-state index in [0.29, 0.717) is 18.7 Å². The van der Waals surface area contributed by atoms with Crippen LogP contribution < -0.4 is 10.6 Å². The van der Waals surface area contributed by atoms with Crippen LogP contribution in [0.2, 0.25) is 0 Å². The molecule has 110 valence electrons. The van der Waals surface area contributed by atoms with Crippen LogP contribution >= 0.6 is 0 Å². The van der Waals surface area contributed by atoms with Crippen molar-refractivity contribution in [3.8, 4) is 5.69 Å². The van der Waals surface area contributed by atoms with Gasteiger partial charge in [-0.2, -0.15) is 5.10 Å². The molecular weight excluding hydrogens is 268 g/mol. The number of nitrogens with zero attached hydrogens (tertiary/aromatic N) is 2. The van der Waals surface area contributed by atoms with Gasteiger partial charge in [0.1, 0.15) is 0 Å². The fourth-order valence-corrected chi connectivity index (χ4v) is 2.44. The fourth-order valence-electron chi connectivity index (χ4n) is 2.44. The SMILES string of the molecule is O=C(NCC1CNCC1O)c1ccc(-n2cccn2)cc1. The number of β-amino-alcohol motifs (C(OH)–C–C–N with tert-alkyl or cyclic N) is 1. The average Bonchev–Trinajstić information content (AvgIpc) is 3.17. The maximum atomic E-state index is 12.1. The van der Waals surface area contributed by atoms with Crippen molar-refractivity contribution in [2.75, 3.05) is 19.6 Å². The van der Waals surface area contributed by atoms with E-state index in [-0.39, 0.29) is 17.9 Å². The van der Waals surface area contributed by atoms with Crippen molar-refractivity contribution < 1.29 is 9.90 Å². The summed E-state index contributed by atoms with van der Waals surface area (Å²) in [6.07, 6.45) is 3.18. The first-order valence-corrected chi connectivity index (χ1v) is 7.01. The van der Waals surface area contributed by atoms with Gasteiger partial charge in [0.25, 0.3) is 5.91 Å². The lowest BCUT2D eigenvalue weighted by Gasteiger charge is -2.14. The summed E-state index contributed by atoms with van der Waals surface area (Å²) in [4.78, 5) is 12.1. The van der Waals surface area contributed by atoms with Crippen LogP contribution in [0, 0.1) is 5.92 Å². The monoisotopic (exact) mass is 286 g/mol. The lowest BCUT2D eigenvalue weighted by molar-refractivity contribution is 0.0927. The van der Waals surface area contributed by atoms with Crippen LogP contribution in [-0.2, 0) is 0 Å². The van der Waals surface area contributed by atoms with Gasteiger partial charge in [-0.25, -0.2) is 4.68 Å². The van der Waals surface area contributed by atoms with E-state index < -0.39 is 0 Å². The molecule has 1 aliphatic rings. The highest BCUT2D eigenvalue weighted by atomic mass is 16.3. The Balaban J connectivity index is 1.60. The number of carbonyl (C=O) groups is 1. The number of amides is 1. The van der Waals surface area contributed by atoms with E-state index >= 15 is 0 Å². The second kappa shape index (κ2) is 6.07. The molecule has 6 nitrogen and oxygen atoms in total. The summed E-state index contributed by atoms with van der Waals surface area (Å²) < 4.78 is 1.74. The molecule has 2 heterocycles. The largest absolute Gasteiger partial charge is 0.391 e. The summed E-state index contributed by atoms with van der Waals surface area (Å²) in [5, 5.41) is 19.8. The van der Waals surface area contributed by atoms with E-state index in [1.54, 1.807) is 23.0 Å². The first-order valence-electron chi connectivity index (χ1n) is 7.01. The zero-order valence-corrected chi connectivity index (χ0v) is 11.6. The van der Waals surface area contributed by atoms with Crippen LogP contribution in [0.1, 0.15) is 10.4 Å². The minimum Gasteiger partial charge on any atom is -0.391 e. The zero-order chi connectivity index (χ0) is 14.7. The van der Waals surface area contributed by atoms with E-state index in [1.807, 2.05) is 24.4 Å². The Labute approximate surface area is 122 Å². The number of hydrogen-bond donors (Lipinski definition) is 3. The van der Waals surface area contributed by atoms with E-state index in [2.05, 4.69) is 15.7 Å². The Kier molecular flexibility index (Phi) is 3.98. The predicted molar refractivity (Wildman–Crippen MR) is 78.3 cm³/mol.